The van der Waals surface area contributed by atoms with E-state index in [2.05, 4.69) is 252 Å². The number of aromatic nitrogens is 1. The van der Waals surface area contributed by atoms with Crippen LogP contribution in [0.1, 0.15) is 17.7 Å². The number of fused-ring (bicyclic) bond motifs is 7. The standard InChI is InChI=1S/C64H44N2S/c1-3-18-44(19-4-1)49-28-15-20-45-21-16-29-55(63(45)49)51-25-8-12-33-59(51)65(60-34-13-9-26-52(60)56-30-17-31-57-54-27-10-14-35-62(54)67-64(56)57)48-39-36-43(37-40-48)46-38-41-53-50-24-7-11-32-58(50)66(61(53)42-46)47-22-5-2-6-23-47/h1-6,8-23,25-42H,7,24H2. The number of allylic oxidation sites excluding steroid dienone is 1. The molecule has 0 radical (unpaired) electrons. The van der Waals surface area contributed by atoms with Gasteiger partial charge in [0.1, 0.15) is 0 Å². The van der Waals surface area contributed by atoms with Crippen LogP contribution in [0.4, 0.5) is 17.1 Å². The van der Waals surface area contributed by atoms with Gasteiger partial charge in [0.05, 0.1) is 16.9 Å². The topological polar surface area (TPSA) is 8.17 Å². The van der Waals surface area contributed by atoms with Gasteiger partial charge in [0, 0.05) is 59.3 Å². The highest BCUT2D eigenvalue weighted by Gasteiger charge is 2.24. The molecule has 3 heteroatoms. The molecule has 0 N–H and O–H groups in total. The van der Waals surface area contributed by atoms with Crippen LogP contribution in [0.5, 0.6) is 0 Å². The molecule has 10 aromatic carbocycles. The molecule has 316 valence electrons. The van der Waals surface area contributed by atoms with Gasteiger partial charge in [-0.3, -0.25) is 0 Å². The molecule has 2 nitrogen and oxygen atoms in total. The molecular formula is C64H44N2S. The van der Waals surface area contributed by atoms with Gasteiger partial charge in [-0.1, -0.05) is 188 Å². The molecule has 0 saturated carbocycles. The summed E-state index contributed by atoms with van der Waals surface area (Å²) >= 11 is 1.88. The number of thiophene rings is 1. The number of benzene rings is 10. The van der Waals surface area contributed by atoms with Crippen molar-refractivity contribution in [3.05, 3.63) is 248 Å². The van der Waals surface area contributed by atoms with Gasteiger partial charge < -0.3 is 9.47 Å². The largest absolute Gasteiger partial charge is 0.310 e. The number of nitrogens with zero attached hydrogens (tertiary/aromatic N) is 2. The lowest BCUT2D eigenvalue weighted by Crippen LogP contribution is -2.12. The molecule has 0 saturated heterocycles. The number of anilines is 3. The van der Waals surface area contributed by atoms with Crippen molar-refractivity contribution < 1.29 is 0 Å². The van der Waals surface area contributed by atoms with Crippen molar-refractivity contribution in [2.24, 2.45) is 0 Å². The van der Waals surface area contributed by atoms with Gasteiger partial charge in [-0.25, -0.2) is 0 Å². The molecule has 13 rings (SSSR count). The Hall–Kier alpha value is -8.24. The summed E-state index contributed by atoms with van der Waals surface area (Å²) in [6.45, 7) is 0. The second kappa shape index (κ2) is 16.3. The predicted octanol–water partition coefficient (Wildman–Crippen LogP) is 18.2. The first-order chi connectivity index (χ1) is 33.3. The minimum absolute atomic E-state index is 1.05. The van der Waals surface area contributed by atoms with Crippen LogP contribution < -0.4 is 4.90 Å². The SMILES string of the molecule is C1=Cc2c(c3ccc(-c4ccc(N(c5ccccc5-c5cccc6c5sc5ccccc56)c5ccccc5-c5cccc6cccc(-c7ccccc7)c56)cc4)cc3n2-c2ccccc2)CC1. The third kappa shape index (κ3) is 6.62. The second-order valence-electron chi connectivity index (χ2n) is 17.5. The Balaban J connectivity index is 1.01. The highest BCUT2D eigenvalue weighted by atomic mass is 32.1. The minimum Gasteiger partial charge on any atom is -0.310 e. The molecule has 67 heavy (non-hydrogen) atoms. The van der Waals surface area contributed by atoms with Gasteiger partial charge in [0.15, 0.2) is 0 Å². The van der Waals surface area contributed by atoms with E-state index in [1.54, 1.807) is 0 Å². The second-order valence-corrected chi connectivity index (χ2v) is 18.5. The lowest BCUT2D eigenvalue weighted by atomic mass is 9.90. The lowest BCUT2D eigenvalue weighted by Gasteiger charge is -2.30. The molecular weight excluding hydrogens is 829 g/mol. The van der Waals surface area contributed by atoms with Gasteiger partial charge in [-0.15, -0.1) is 11.3 Å². The quantitative estimate of drug-likeness (QED) is 0.148. The fourth-order valence-electron chi connectivity index (χ4n) is 10.7. The maximum atomic E-state index is 2.49. The van der Waals surface area contributed by atoms with E-state index >= 15 is 0 Å². The molecule has 0 bridgehead atoms. The van der Waals surface area contributed by atoms with Crippen LogP contribution in [-0.4, -0.2) is 4.57 Å². The molecule has 2 heterocycles. The Kier molecular flexibility index (Phi) is 9.54. The summed E-state index contributed by atoms with van der Waals surface area (Å²) in [5.41, 5.74) is 18.1. The number of hydrogen-bond donors (Lipinski definition) is 0. The smallest absolute Gasteiger partial charge is 0.0543 e. The average molecular weight is 873 g/mol. The zero-order valence-corrected chi connectivity index (χ0v) is 37.6. The third-order valence-corrected chi connectivity index (χ3v) is 14.9. The van der Waals surface area contributed by atoms with Gasteiger partial charge in [0.2, 0.25) is 0 Å². The zero-order chi connectivity index (χ0) is 44.3. The highest BCUT2D eigenvalue weighted by Crippen LogP contribution is 2.49. The summed E-state index contributed by atoms with van der Waals surface area (Å²) in [7, 11) is 0. The normalized spacial score (nSPS) is 12.3. The minimum atomic E-state index is 1.05. The monoisotopic (exact) mass is 872 g/mol. The number of rotatable bonds is 8. The van der Waals surface area contributed by atoms with Gasteiger partial charge in [-0.05, 0) is 112 Å². The van der Waals surface area contributed by atoms with Crippen LogP contribution in [0.15, 0.2) is 237 Å². The average Bonchev–Trinajstić information content (AvgIpc) is 3.95. The molecule has 0 atom stereocenters. The molecule has 2 aromatic heterocycles. The van der Waals surface area contributed by atoms with Crippen LogP contribution >= 0.6 is 11.3 Å². The third-order valence-electron chi connectivity index (χ3n) is 13.7. The van der Waals surface area contributed by atoms with E-state index < -0.39 is 0 Å². The molecule has 1 aliphatic rings. The molecule has 0 unspecified atom stereocenters. The van der Waals surface area contributed by atoms with Crippen LogP contribution in [0.2, 0.25) is 0 Å². The Morgan fingerprint density at radius 1 is 0.433 bits per heavy atom. The molecule has 0 aliphatic heterocycles. The Labute approximate surface area is 394 Å². The Morgan fingerprint density at radius 2 is 1.04 bits per heavy atom. The summed E-state index contributed by atoms with van der Waals surface area (Å²) in [4.78, 5) is 2.49. The molecule has 0 spiro atoms. The summed E-state index contributed by atoms with van der Waals surface area (Å²) in [5.74, 6) is 0. The van der Waals surface area contributed by atoms with Crippen molar-refractivity contribution in [2.45, 2.75) is 12.8 Å². The van der Waals surface area contributed by atoms with Crippen LogP contribution in [0.25, 0.3) is 98.1 Å². The van der Waals surface area contributed by atoms with E-state index in [0.29, 0.717) is 0 Å². The van der Waals surface area contributed by atoms with Crippen LogP contribution in [0.3, 0.4) is 0 Å². The van der Waals surface area contributed by atoms with E-state index in [9.17, 15) is 0 Å². The first-order valence-electron chi connectivity index (χ1n) is 23.2. The van der Waals surface area contributed by atoms with Gasteiger partial charge in [-0.2, -0.15) is 0 Å². The maximum absolute atomic E-state index is 2.49. The van der Waals surface area contributed by atoms with Crippen molar-refractivity contribution in [3.8, 4) is 50.2 Å². The van der Waals surface area contributed by atoms with E-state index in [1.807, 2.05) is 11.3 Å². The van der Waals surface area contributed by atoms with Crippen molar-refractivity contribution in [3.63, 3.8) is 0 Å². The summed E-state index contributed by atoms with van der Waals surface area (Å²) in [6, 6.07) is 84.9. The maximum Gasteiger partial charge on any atom is 0.0543 e. The van der Waals surface area contributed by atoms with Gasteiger partial charge >= 0.3 is 0 Å². The Bertz CT molecular complexity index is 3850. The molecule has 0 amide bonds. The first kappa shape index (κ1) is 39.2. The first-order valence-corrected chi connectivity index (χ1v) is 24.0. The van der Waals surface area contributed by atoms with E-state index in [4.69, 9.17) is 0 Å². The lowest BCUT2D eigenvalue weighted by molar-refractivity contribution is 0.967. The molecule has 1 aliphatic carbocycles. The highest BCUT2D eigenvalue weighted by molar-refractivity contribution is 7.26. The summed E-state index contributed by atoms with van der Waals surface area (Å²) < 4.78 is 5.05. The van der Waals surface area contributed by atoms with Crippen molar-refractivity contribution in [1.82, 2.24) is 4.57 Å². The fraction of sp³-hybridized carbons (Fsp3) is 0.0312. The van der Waals surface area contributed by atoms with Crippen LogP contribution in [0, 0.1) is 0 Å². The fourth-order valence-corrected chi connectivity index (χ4v) is 11.9. The summed E-state index contributed by atoms with van der Waals surface area (Å²) in [6.07, 6.45) is 6.75. The number of hydrogen-bond acceptors (Lipinski definition) is 2. The van der Waals surface area contributed by atoms with E-state index in [1.165, 1.54) is 103 Å². The zero-order valence-electron chi connectivity index (χ0n) is 36.8. The van der Waals surface area contributed by atoms with Gasteiger partial charge in [0.25, 0.3) is 0 Å². The predicted molar refractivity (Wildman–Crippen MR) is 287 cm³/mol. The van der Waals surface area contributed by atoms with E-state index in [0.717, 1.165) is 29.9 Å². The van der Waals surface area contributed by atoms with Crippen LogP contribution in [-0.2, 0) is 6.42 Å². The number of para-hydroxylation sites is 3. The molecule has 0 fully saturated rings. The summed E-state index contributed by atoms with van der Waals surface area (Å²) in [5, 5.41) is 6.39. The van der Waals surface area contributed by atoms with Crippen molar-refractivity contribution >= 4 is 76.3 Å². The molecule has 12 aromatic rings. The van der Waals surface area contributed by atoms with Crippen molar-refractivity contribution in [1.29, 1.82) is 0 Å². The van der Waals surface area contributed by atoms with Crippen molar-refractivity contribution in [2.75, 3.05) is 4.90 Å². The number of aryl methyl sites for hydroxylation is 1. The van der Waals surface area contributed by atoms with E-state index in [-0.39, 0.29) is 0 Å². The Morgan fingerprint density at radius 3 is 1.84 bits per heavy atom.